The van der Waals surface area contributed by atoms with E-state index in [0.29, 0.717) is 6.54 Å². The molecule has 0 bridgehead atoms. The molecule has 17 heavy (non-hydrogen) atoms. The zero-order valence-electron chi connectivity index (χ0n) is 10.4. The van der Waals surface area contributed by atoms with Crippen molar-refractivity contribution in [3.8, 4) is 0 Å². The molecule has 0 saturated carbocycles. The summed E-state index contributed by atoms with van der Waals surface area (Å²) in [5.41, 5.74) is -0.762. The lowest BCUT2D eigenvalue weighted by atomic mass is 10.2. The van der Waals surface area contributed by atoms with Gasteiger partial charge >= 0.3 is 16.3 Å². The number of rotatable bonds is 3. The van der Waals surface area contributed by atoms with Crippen molar-refractivity contribution in [2.45, 2.75) is 32.8 Å². The summed E-state index contributed by atoms with van der Waals surface area (Å²) < 4.78 is 32.2. The molecule has 0 aromatic rings. The van der Waals surface area contributed by atoms with E-state index < -0.39 is 21.9 Å². The van der Waals surface area contributed by atoms with Gasteiger partial charge in [0, 0.05) is 0 Å². The number of ether oxygens (including phenoxy) is 1. The predicted octanol–water partition coefficient (Wildman–Crippen LogP) is 0.877. The van der Waals surface area contributed by atoms with Crippen molar-refractivity contribution < 1.29 is 22.1 Å². The smallest absolute Gasteiger partial charge is 0.428 e. The second-order valence-electron chi connectivity index (χ2n) is 5.13. The van der Waals surface area contributed by atoms with E-state index in [1.54, 1.807) is 20.8 Å². The van der Waals surface area contributed by atoms with Crippen LogP contribution in [0.4, 0.5) is 4.79 Å². The van der Waals surface area contributed by atoms with Crippen LogP contribution in [0, 0.1) is 5.92 Å². The van der Waals surface area contributed by atoms with Crippen LogP contribution in [0.3, 0.4) is 0 Å². The molecule has 0 spiro atoms. The molecule has 1 unspecified atom stereocenters. The molecule has 6 nitrogen and oxygen atoms in total. The highest BCUT2D eigenvalue weighted by molar-refractivity contribution is 7.87. The fourth-order valence-electron chi connectivity index (χ4n) is 1.55. The van der Waals surface area contributed by atoms with Crippen molar-refractivity contribution >= 4 is 16.3 Å². The number of hydrogen-bond donors (Lipinski definition) is 1. The zero-order valence-corrected chi connectivity index (χ0v) is 11.2. The summed E-state index contributed by atoms with van der Waals surface area (Å²) in [5, 5.41) is 3.05. The lowest BCUT2D eigenvalue weighted by Gasteiger charge is -2.18. The number of carbonyl (C=O) groups is 1. The van der Waals surface area contributed by atoms with E-state index in [-0.39, 0.29) is 11.7 Å². The van der Waals surface area contributed by atoms with Crippen molar-refractivity contribution in [1.82, 2.24) is 5.32 Å². The Balaban J connectivity index is 2.45. The largest absolute Gasteiger partial charge is 0.524 e. The van der Waals surface area contributed by atoms with E-state index >= 15 is 0 Å². The maximum atomic E-state index is 11.5. The van der Waals surface area contributed by atoms with Crippen LogP contribution in [0.1, 0.15) is 27.2 Å². The van der Waals surface area contributed by atoms with Gasteiger partial charge in [-0.25, -0.2) is 4.79 Å². The Morgan fingerprint density at radius 2 is 2.06 bits per heavy atom. The van der Waals surface area contributed by atoms with Gasteiger partial charge in [0.1, 0.15) is 5.60 Å². The van der Waals surface area contributed by atoms with Gasteiger partial charge in [0.15, 0.2) is 0 Å². The highest BCUT2D eigenvalue weighted by Crippen LogP contribution is 2.14. The van der Waals surface area contributed by atoms with Crippen LogP contribution in [-0.2, 0) is 19.0 Å². The minimum Gasteiger partial charge on any atom is -0.428 e. The van der Waals surface area contributed by atoms with Crippen LogP contribution >= 0.6 is 0 Å². The first kappa shape index (κ1) is 14.2. The summed E-state index contributed by atoms with van der Waals surface area (Å²) in [6, 6.07) is 0. The van der Waals surface area contributed by atoms with Gasteiger partial charge in [-0.15, -0.1) is 0 Å². The van der Waals surface area contributed by atoms with Crippen molar-refractivity contribution in [2.24, 2.45) is 5.92 Å². The van der Waals surface area contributed by atoms with E-state index in [1.807, 2.05) is 0 Å². The van der Waals surface area contributed by atoms with Crippen LogP contribution in [0.2, 0.25) is 0 Å². The molecule has 1 rings (SSSR count). The van der Waals surface area contributed by atoms with E-state index in [2.05, 4.69) is 9.50 Å². The molecule has 1 fully saturated rings. The summed E-state index contributed by atoms with van der Waals surface area (Å²) in [4.78, 5) is 11.2. The number of nitrogens with one attached hydrogen (secondary N) is 1. The van der Waals surface area contributed by atoms with Crippen molar-refractivity contribution in [3.05, 3.63) is 0 Å². The molecule has 1 heterocycles. The molecule has 1 N–H and O–H groups in total. The van der Waals surface area contributed by atoms with E-state index in [1.165, 1.54) is 0 Å². The van der Waals surface area contributed by atoms with Gasteiger partial charge in [-0.3, -0.25) is 0 Å². The third-order valence-corrected chi connectivity index (χ3v) is 3.46. The third kappa shape index (κ3) is 5.88. The van der Waals surface area contributed by atoms with Crippen molar-refractivity contribution in [1.29, 1.82) is 0 Å². The lowest BCUT2D eigenvalue weighted by molar-refractivity contribution is 0.0222. The molecule has 0 aromatic heterocycles. The molecule has 1 saturated heterocycles. The Hall–Kier alpha value is -0.820. The monoisotopic (exact) mass is 265 g/mol. The molecule has 1 atom stereocenters. The third-order valence-electron chi connectivity index (χ3n) is 2.19. The summed E-state index contributed by atoms with van der Waals surface area (Å²) in [6.45, 7) is 6.36. The molecule has 0 aliphatic carbocycles. The number of hydrogen-bond acceptors (Lipinski definition) is 6. The Kier molecular flexibility index (Phi) is 4.37. The molecule has 100 valence electrons. The van der Waals surface area contributed by atoms with Crippen LogP contribution in [0.25, 0.3) is 0 Å². The zero-order chi connectivity index (χ0) is 13.1. The highest BCUT2D eigenvalue weighted by atomic mass is 32.2. The van der Waals surface area contributed by atoms with Crippen LogP contribution in [0.5, 0.6) is 0 Å². The van der Waals surface area contributed by atoms with Gasteiger partial charge in [0.2, 0.25) is 0 Å². The molecule has 0 amide bonds. The van der Waals surface area contributed by atoms with Gasteiger partial charge in [-0.2, -0.15) is 8.42 Å². The van der Waals surface area contributed by atoms with Crippen molar-refractivity contribution in [3.63, 3.8) is 0 Å². The Morgan fingerprint density at radius 1 is 1.41 bits per heavy atom. The Labute approximate surface area is 102 Å². The molecular formula is C10H19NO5S. The fourth-order valence-corrected chi connectivity index (χ4v) is 2.72. The van der Waals surface area contributed by atoms with Gasteiger partial charge < -0.3 is 14.2 Å². The molecule has 0 aromatic carbocycles. The first-order valence-corrected chi connectivity index (χ1v) is 7.11. The first-order valence-electron chi connectivity index (χ1n) is 5.54. The van der Waals surface area contributed by atoms with Gasteiger partial charge in [-0.1, -0.05) is 0 Å². The summed E-state index contributed by atoms with van der Waals surface area (Å²) in [7, 11) is -3.85. The van der Waals surface area contributed by atoms with Gasteiger partial charge in [-0.05, 0) is 46.2 Å². The maximum Gasteiger partial charge on any atom is 0.524 e. The van der Waals surface area contributed by atoms with Gasteiger partial charge in [0.05, 0.1) is 5.75 Å². The second-order valence-corrected chi connectivity index (χ2v) is 6.75. The topological polar surface area (TPSA) is 81.7 Å². The minimum absolute atomic E-state index is 0.00226. The minimum atomic E-state index is -3.85. The second kappa shape index (κ2) is 5.22. The van der Waals surface area contributed by atoms with E-state index in [0.717, 1.165) is 13.0 Å². The Morgan fingerprint density at radius 3 is 2.53 bits per heavy atom. The average molecular weight is 265 g/mol. The molecule has 0 radical (unpaired) electrons. The summed E-state index contributed by atoms with van der Waals surface area (Å²) in [6.07, 6.45) is -0.389. The predicted molar refractivity (Wildman–Crippen MR) is 62.1 cm³/mol. The van der Waals surface area contributed by atoms with Gasteiger partial charge in [0.25, 0.3) is 0 Å². The average Bonchev–Trinajstić information content (AvgIpc) is 2.49. The van der Waals surface area contributed by atoms with Crippen LogP contribution < -0.4 is 5.32 Å². The van der Waals surface area contributed by atoms with E-state index in [9.17, 15) is 13.2 Å². The Bertz CT molecular complexity index is 365. The van der Waals surface area contributed by atoms with Crippen LogP contribution in [-0.4, -0.2) is 39.0 Å². The summed E-state index contributed by atoms with van der Waals surface area (Å²) >= 11 is 0. The molecule has 1 aliphatic heterocycles. The van der Waals surface area contributed by atoms with E-state index in [4.69, 9.17) is 4.74 Å². The SMILES string of the molecule is CC(C)(C)OC(=O)OS(=O)(=O)CC1CCNC1. The lowest BCUT2D eigenvalue weighted by Crippen LogP contribution is -2.28. The first-order chi connectivity index (χ1) is 7.68. The molecule has 7 heteroatoms. The summed E-state index contributed by atoms with van der Waals surface area (Å²) in [5.74, 6) is -0.151. The van der Waals surface area contributed by atoms with Crippen LogP contribution in [0.15, 0.2) is 0 Å². The molecular weight excluding hydrogens is 246 g/mol. The number of carbonyl (C=O) groups excluding carboxylic acids is 1. The standard InChI is InChI=1S/C10H19NO5S/c1-10(2,3)15-9(12)16-17(13,14)7-8-4-5-11-6-8/h8,11H,4-7H2,1-3H3. The van der Waals surface area contributed by atoms with Crippen molar-refractivity contribution in [2.75, 3.05) is 18.8 Å². The highest BCUT2D eigenvalue weighted by Gasteiger charge is 2.28. The maximum absolute atomic E-state index is 11.5. The quantitative estimate of drug-likeness (QED) is 0.602. The molecule has 1 aliphatic rings. The normalized spacial score (nSPS) is 21.2. The fraction of sp³-hybridized carbons (Fsp3) is 0.900.